The molecular formula is C17H19ClN4O3. The van der Waals surface area contributed by atoms with Crippen molar-refractivity contribution in [2.45, 2.75) is 32.9 Å². The van der Waals surface area contributed by atoms with E-state index in [0.717, 1.165) is 0 Å². The van der Waals surface area contributed by atoms with Crippen molar-refractivity contribution in [3.63, 3.8) is 0 Å². The summed E-state index contributed by atoms with van der Waals surface area (Å²) in [5, 5.41) is 0.444. The number of hydrogen-bond donors (Lipinski definition) is 0. The van der Waals surface area contributed by atoms with Crippen molar-refractivity contribution < 1.29 is 9.53 Å². The molecule has 7 nitrogen and oxygen atoms in total. The van der Waals surface area contributed by atoms with E-state index in [1.165, 1.54) is 17.1 Å². The fraction of sp³-hybridized carbons (Fsp3) is 0.412. The van der Waals surface area contributed by atoms with Crippen LogP contribution in [0.1, 0.15) is 17.7 Å². The maximum Gasteiger partial charge on any atom is 0.256 e. The average Bonchev–Trinajstić information content (AvgIpc) is 3.06. The van der Waals surface area contributed by atoms with Crippen LogP contribution in [0.4, 0.5) is 0 Å². The van der Waals surface area contributed by atoms with Gasteiger partial charge in [0.25, 0.3) is 5.56 Å². The molecule has 1 amide bonds. The number of nitrogens with zero attached hydrogens (tertiary/aromatic N) is 4. The van der Waals surface area contributed by atoms with Gasteiger partial charge in [-0.2, -0.15) is 0 Å². The number of carbonyl (C=O) groups is 1. The van der Waals surface area contributed by atoms with Gasteiger partial charge in [-0.1, -0.05) is 11.6 Å². The van der Waals surface area contributed by atoms with Crippen LogP contribution < -0.4 is 10.3 Å². The summed E-state index contributed by atoms with van der Waals surface area (Å²) in [7, 11) is 0. The molecule has 0 aromatic carbocycles. The van der Waals surface area contributed by atoms with Gasteiger partial charge in [-0.05, 0) is 13.8 Å². The van der Waals surface area contributed by atoms with Crippen LogP contribution in [-0.2, 0) is 11.3 Å². The lowest BCUT2D eigenvalue weighted by molar-refractivity contribution is -0.131. The summed E-state index contributed by atoms with van der Waals surface area (Å²) in [6, 6.07) is 1.70. The number of pyridine rings is 1. The first-order valence-corrected chi connectivity index (χ1v) is 8.40. The summed E-state index contributed by atoms with van der Waals surface area (Å²) in [6.45, 7) is 4.51. The summed E-state index contributed by atoms with van der Waals surface area (Å²) < 4.78 is 7.19. The van der Waals surface area contributed by atoms with Crippen LogP contribution in [0.2, 0.25) is 5.02 Å². The smallest absolute Gasteiger partial charge is 0.256 e. The van der Waals surface area contributed by atoms with Gasteiger partial charge in [0.2, 0.25) is 5.91 Å². The second-order valence-electron chi connectivity index (χ2n) is 6.06. The number of ether oxygens (including phenoxy) is 1. The van der Waals surface area contributed by atoms with E-state index < -0.39 is 0 Å². The molecule has 2 aromatic heterocycles. The van der Waals surface area contributed by atoms with Gasteiger partial charge < -0.3 is 9.64 Å². The van der Waals surface area contributed by atoms with Gasteiger partial charge in [-0.25, -0.2) is 4.98 Å². The van der Waals surface area contributed by atoms with Crippen molar-refractivity contribution in [1.82, 2.24) is 19.4 Å². The number of likely N-dealkylation sites (tertiary alicyclic amines) is 1. The Labute approximate surface area is 150 Å². The van der Waals surface area contributed by atoms with Gasteiger partial charge >= 0.3 is 0 Å². The van der Waals surface area contributed by atoms with E-state index in [2.05, 4.69) is 9.97 Å². The van der Waals surface area contributed by atoms with Crippen LogP contribution in [0.3, 0.4) is 0 Å². The zero-order chi connectivity index (χ0) is 18.0. The molecule has 0 N–H and O–H groups in total. The van der Waals surface area contributed by atoms with Gasteiger partial charge in [-0.3, -0.25) is 19.1 Å². The van der Waals surface area contributed by atoms with Crippen LogP contribution >= 0.6 is 11.6 Å². The number of aryl methyl sites for hydroxylation is 1. The van der Waals surface area contributed by atoms with Crippen molar-refractivity contribution in [2.75, 3.05) is 13.1 Å². The molecular weight excluding hydrogens is 344 g/mol. The maximum absolute atomic E-state index is 12.5. The van der Waals surface area contributed by atoms with Crippen LogP contribution in [0.15, 0.2) is 29.6 Å². The zero-order valence-corrected chi connectivity index (χ0v) is 14.9. The Bertz CT molecular complexity index is 852. The normalized spacial score (nSPS) is 16.9. The molecule has 0 spiro atoms. The molecule has 1 atom stereocenters. The number of hydrogen-bond acceptors (Lipinski definition) is 5. The lowest BCUT2D eigenvalue weighted by Crippen LogP contribution is -2.36. The Morgan fingerprint density at radius 1 is 1.44 bits per heavy atom. The summed E-state index contributed by atoms with van der Waals surface area (Å²) in [5.74, 6) is 0.435. The number of amides is 1. The van der Waals surface area contributed by atoms with Crippen molar-refractivity contribution >= 4 is 17.5 Å². The van der Waals surface area contributed by atoms with Crippen LogP contribution in [0.5, 0.6) is 5.75 Å². The van der Waals surface area contributed by atoms with Crippen LogP contribution in [0, 0.1) is 13.8 Å². The van der Waals surface area contributed by atoms with Gasteiger partial charge in [-0.15, -0.1) is 0 Å². The highest BCUT2D eigenvalue weighted by Crippen LogP contribution is 2.25. The highest BCUT2D eigenvalue weighted by molar-refractivity contribution is 6.31. The first-order valence-electron chi connectivity index (χ1n) is 8.02. The Hall–Kier alpha value is -2.41. The van der Waals surface area contributed by atoms with E-state index in [-0.39, 0.29) is 24.1 Å². The highest BCUT2D eigenvalue weighted by atomic mass is 35.5. The maximum atomic E-state index is 12.5. The van der Waals surface area contributed by atoms with Crippen molar-refractivity contribution in [1.29, 1.82) is 0 Å². The lowest BCUT2D eigenvalue weighted by Gasteiger charge is -2.18. The fourth-order valence-electron chi connectivity index (χ4n) is 2.72. The molecule has 3 rings (SSSR count). The summed E-state index contributed by atoms with van der Waals surface area (Å²) >= 11 is 6.04. The second-order valence-corrected chi connectivity index (χ2v) is 6.47. The van der Waals surface area contributed by atoms with Gasteiger partial charge in [0.05, 0.1) is 12.9 Å². The fourth-order valence-corrected chi connectivity index (χ4v) is 2.89. The molecule has 0 unspecified atom stereocenters. The molecule has 1 fully saturated rings. The molecule has 1 aliphatic heterocycles. The molecule has 0 radical (unpaired) electrons. The molecule has 1 saturated heterocycles. The Morgan fingerprint density at radius 2 is 2.24 bits per heavy atom. The summed E-state index contributed by atoms with van der Waals surface area (Å²) in [5.41, 5.74) is 1.05. The average molecular weight is 363 g/mol. The third-order valence-electron chi connectivity index (χ3n) is 4.35. The Balaban J connectivity index is 1.62. The standard InChI is InChI=1S/C17H19ClN4O3/c1-11-12(2)20-10-22(17(11)24)9-16(23)21-6-4-13(8-21)25-15-3-5-19-7-14(15)18/h3,5,7,10,13H,4,6,8-9H2,1-2H3/t13-/m0/s1. The molecule has 0 saturated carbocycles. The topological polar surface area (TPSA) is 77.3 Å². The minimum absolute atomic E-state index is 0.0182. The Kier molecular flexibility index (Phi) is 5.03. The van der Waals surface area contributed by atoms with Crippen LogP contribution in [-0.4, -0.2) is 44.5 Å². The van der Waals surface area contributed by atoms with Gasteiger partial charge in [0, 0.05) is 42.7 Å². The molecule has 0 bridgehead atoms. The zero-order valence-electron chi connectivity index (χ0n) is 14.1. The summed E-state index contributed by atoms with van der Waals surface area (Å²) in [4.78, 5) is 34.4. The largest absolute Gasteiger partial charge is 0.487 e. The molecule has 2 aromatic rings. The van der Waals surface area contributed by atoms with E-state index >= 15 is 0 Å². The molecule has 25 heavy (non-hydrogen) atoms. The minimum Gasteiger partial charge on any atom is -0.487 e. The number of aromatic nitrogens is 3. The molecule has 0 aliphatic carbocycles. The number of halogens is 1. The third kappa shape index (κ3) is 3.82. The van der Waals surface area contributed by atoms with Crippen LogP contribution in [0.25, 0.3) is 0 Å². The SMILES string of the molecule is Cc1ncn(CC(=O)N2CC[C@H](Oc3ccncc3Cl)C2)c(=O)c1C. The molecule has 1 aliphatic rings. The number of rotatable bonds is 4. The molecule has 8 heteroatoms. The first-order chi connectivity index (χ1) is 12.0. The second kappa shape index (κ2) is 7.23. The van der Waals surface area contributed by atoms with Gasteiger partial charge in [0.15, 0.2) is 0 Å². The lowest BCUT2D eigenvalue weighted by atomic mass is 10.3. The predicted octanol–water partition coefficient (Wildman–Crippen LogP) is 1.59. The first kappa shape index (κ1) is 17.4. The van der Waals surface area contributed by atoms with E-state index in [9.17, 15) is 9.59 Å². The van der Waals surface area contributed by atoms with E-state index in [0.29, 0.717) is 41.5 Å². The Morgan fingerprint density at radius 3 is 3.00 bits per heavy atom. The van der Waals surface area contributed by atoms with Gasteiger partial charge in [0.1, 0.15) is 23.4 Å². The van der Waals surface area contributed by atoms with Crippen molar-refractivity contribution in [3.8, 4) is 5.75 Å². The quantitative estimate of drug-likeness (QED) is 0.825. The molecule has 132 valence electrons. The minimum atomic E-state index is -0.184. The summed E-state index contributed by atoms with van der Waals surface area (Å²) in [6.07, 6.45) is 5.14. The monoisotopic (exact) mass is 362 g/mol. The van der Waals surface area contributed by atoms with E-state index in [1.807, 2.05) is 0 Å². The van der Waals surface area contributed by atoms with E-state index in [1.54, 1.807) is 31.0 Å². The number of carbonyl (C=O) groups excluding carboxylic acids is 1. The molecule has 3 heterocycles. The third-order valence-corrected chi connectivity index (χ3v) is 4.63. The predicted molar refractivity (Wildman–Crippen MR) is 92.8 cm³/mol. The van der Waals surface area contributed by atoms with Crippen molar-refractivity contribution in [3.05, 3.63) is 51.4 Å². The highest BCUT2D eigenvalue weighted by Gasteiger charge is 2.28. The van der Waals surface area contributed by atoms with Crippen molar-refractivity contribution in [2.24, 2.45) is 0 Å². The van der Waals surface area contributed by atoms with E-state index in [4.69, 9.17) is 16.3 Å².